The number of benzene rings is 1. The maximum absolute atomic E-state index is 11.0. The molecular weight excluding hydrogens is 246 g/mol. The number of carbonyl (C=O) groups is 1. The first-order chi connectivity index (χ1) is 9.19. The van der Waals surface area contributed by atoms with Gasteiger partial charge in [0.1, 0.15) is 0 Å². The largest absolute Gasteiger partial charge is 0.468 e. The summed E-state index contributed by atoms with van der Waals surface area (Å²) in [5.41, 5.74) is 1.20. The number of ether oxygens (including phenoxy) is 3. The molecule has 1 unspecified atom stereocenters. The normalized spacial score (nSPS) is 14.2. The minimum Gasteiger partial charge on any atom is -0.468 e. The topological polar surface area (TPSA) is 56.8 Å². The van der Waals surface area contributed by atoms with Crippen molar-refractivity contribution in [3.8, 4) is 11.5 Å². The zero-order valence-corrected chi connectivity index (χ0v) is 11.3. The van der Waals surface area contributed by atoms with Gasteiger partial charge >= 0.3 is 5.97 Å². The van der Waals surface area contributed by atoms with Crippen LogP contribution in [0.25, 0.3) is 0 Å². The third-order valence-corrected chi connectivity index (χ3v) is 3.13. The van der Waals surface area contributed by atoms with Gasteiger partial charge in [-0.1, -0.05) is 6.07 Å². The summed E-state index contributed by atoms with van der Waals surface area (Å²) in [6.45, 7) is 2.60. The van der Waals surface area contributed by atoms with E-state index >= 15 is 0 Å². The van der Waals surface area contributed by atoms with E-state index in [1.165, 1.54) is 12.7 Å². The van der Waals surface area contributed by atoms with Crippen molar-refractivity contribution in [2.75, 3.05) is 20.4 Å². The first kappa shape index (κ1) is 13.7. The molecule has 1 aromatic carbocycles. The van der Waals surface area contributed by atoms with Gasteiger partial charge in [0.25, 0.3) is 0 Å². The van der Waals surface area contributed by atoms with E-state index in [4.69, 9.17) is 9.47 Å². The Morgan fingerprint density at radius 3 is 3.00 bits per heavy atom. The fourth-order valence-electron chi connectivity index (χ4n) is 1.91. The predicted molar refractivity (Wildman–Crippen MR) is 70.4 cm³/mol. The molecule has 1 aromatic rings. The van der Waals surface area contributed by atoms with E-state index in [0.717, 1.165) is 24.3 Å². The Morgan fingerprint density at radius 1 is 1.42 bits per heavy atom. The van der Waals surface area contributed by atoms with Crippen molar-refractivity contribution < 1.29 is 19.0 Å². The molecule has 0 saturated carbocycles. The second kappa shape index (κ2) is 6.43. The minimum absolute atomic E-state index is 0.241. The van der Waals surface area contributed by atoms with E-state index in [2.05, 4.69) is 17.0 Å². The number of rotatable bonds is 6. The van der Waals surface area contributed by atoms with Gasteiger partial charge in [-0.3, -0.25) is 4.79 Å². The summed E-state index contributed by atoms with van der Waals surface area (Å²) in [4.78, 5) is 11.0. The predicted octanol–water partition coefficient (Wildman–Crippen LogP) is 1.50. The van der Waals surface area contributed by atoms with Gasteiger partial charge in [0.2, 0.25) is 6.79 Å². The van der Waals surface area contributed by atoms with E-state index in [9.17, 15) is 4.79 Å². The number of aryl methyl sites for hydroxylation is 1. The molecule has 5 heteroatoms. The minimum atomic E-state index is -0.241. The summed E-state index contributed by atoms with van der Waals surface area (Å²) in [6.07, 6.45) is 1.86. The summed E-state index contributed by atoms with van der Waals surface area (Å²) in [5, 5.41) is 3.13. The standard InChI is InChI=1S/C14H19NO4/c1-10(15-8-14(16)17-2)3-4-11-5-6-12-13(7-11)19-9-18-12/h5-7,10,15H,3-4,8-9H2,1-2H3. The van der Waals surface area contributed by atoms with Crippen LogP contribution in [0, 0.1) is 0 Å². The highest BCUT2D eigenvalue weighted by molar-refractivity contribution is 5.71. The average molecular weight is 265 g/mol. The van der Waals surface area contributed by atoms with Gasteiger partial charge in [-0.05, 0) is 37.5 Å². The highest BCUT2D eigenvalue weighted by atomic mass is 16.7. The molecule has 0 aromatic heterocycles. The lowest BCUT2D eigenvalue weighted by molar-refractivity contribution is -0.139. The Labute approximate surface area is 112 Å². The molecule has 0 amide bonds. The molecule has 1 heterocycles. The molecule has 1 aliphatic heterocycles. The molecule has 1 aliphatic rings. The van der Waals surface area contributed by atoms with E-state index < -0.39 is 0 Å². The highest BCUT2D eigenvalue weighted by Crippen LogP contribution is 2.32. The third-order valence-electron chi connectivity index (χ3n) is 3.13. The maximum Gasteiger partial charge on any atom is 0.319 e. The van der Waals surface area contributed by atoms with Crippen molar-refractivity contribution in [3.63, 3.8) is 0 Å². The number of carbonyl (C=O) groups excluding carboxylic acids is 1. The Balaban J connectivity index is 1.77. The molecule has 0 bridgehead atoms. The fraction of sp³-hybridized carbons (Fsp3) is 0.500. The molecular formula is C14H19NO4. The van der Waals surface area contributed by atoms with Crippen molar-refractivity contribution in [2.24, 2.45) is 0 Å². The number of hydrogen-bond acceptors (Lipinski definition) is 5. The summed E-state index contributed by atoms with van der Waals surface area (Å²) < 4.78 is 15.2. The monoisotopic (exact) mass is 265 g/mol. The quantitative estimate of drug-likeness (QED) is 0.790. The molecule has 1 atom stereocenters. The molecule has 0 spiro atoms. The summed E-state index contributed by atoms with van der Waals surface area (Å²) in [6, 6.07) is 6.24. The van der Waals surface area contributed by atoms with Crippen LogP contribution in [0.3, 0.4) is 0 Å². The second-order valence-corrected chi connectivity index (χ2v) is 4.58. The van der Waals surface area contributed by atoms with Crippen molar-refractivity contribution in [1.82, 2.24) is 5.32 Å². The van der Waals surface area contributed by atoms with E-state index in [1.807, 2.05) is 18.2 Å². The average Bonchev–Trinajstić information content (AvgIpc) is 2.89. The van der Waals surface area contributed by atoms with Crippen LogP contribution in [0.1, 0.15) is 18.9 Å². The Hall–Kier alpha value is -1.75. The molecule has 0 saturated heterocycles. The molecule has 19 heavy (non-hydrogen) atoms. The van der Waals surface area contributed by atoms with Crippen LogP contribution in [-0.2, 0) is 16.0 Å². The van der Waals surface area contributed by atoms with Crippen LogP contribution in [0.5, 0.6) is 11.5 Å². The lowest BCUT2D eigenvalue weighted by atomic mass is 10.1. The van der Waals surface area contributed by atoms with Crippen LogP contribution in [0.15, 0.2) is 18.2 Å². The lowest BCUT2D eigenvalue weighted by Crippen LogP contribution is -2.32. The van der Waals surface area contributed by atoms with Gasteiger partial charge in [-0.15, -0.1) is 0 Å². The summed E-state index contributed by atoms with van der Waals surface area (Å²) in [5.74, 6) is 1.38. The van der Waals surface area contributed by atoms with Crippen LogP contribution in [0.2, 0.25) is 0 Å². The smallest absolute Gasteiger partial charge is 0.319 e. The van der Waals surface area contributed by atoms with E-state index in [0.29, 0.717) is 6.79 Å². The zero-order valence-electron chi connectivity index (χ0n) is 11.3. The van der Waals surface area contributed by atoms with Gasteiger partial charge in [-0.2, -0.15) is 0 Å². The van der Waals surface area contributed by atoms with Gasteiger partial charge in [-0.25, -0.2) is 0 Å². The molecule has 104 valence electrons. The third kappa shape index (κ3) is 3.86. The number of fused-ring (bicyclic) bond motifs is 1. The van der Waals surface area contributed by atoms with Gasteiger partial charge in [0.15, 0.2) is 11.5 Å². The van der Waals surface area contributed by atoms with Gasteiger partial charge in [0.05, 0.1) is 13.7 Å². The Kier molecular flexibility index (Phi) is 4.63. The molecule has 2 rings (SSSR count). The zero-order chi connectivity index (χ0) is 13.7. The van der Waals surface area contributed by atoms with Crippen molar-refractivity contribution in [1.29, 1.82) is 0 Å². The molecule has 0 fully saturated rings. The molecule has 0 radical (unpaired) electrons. The molecule has 0 aliphatic carbocycles. The van der Waals surface area contributed by atoms with Gasteiger partial charge in [0, 0.05) is 6.04 Å². The van der Waals surface area contributed by atoms with Crippen LogP contribution >= 0.6 is 0 Å². The van der Waals surface area contributed by atoms with Crippen LogP contribution < -0.4 is 14.8 Å². The van der Waals surface area contributed by atoms with E-state index in [1.54, 1.807) is 0 Å². The molecule has 5 nitrogen and oxygen atoms in total. The first-order valence-corrected chi connectivity index (χ1v) is 6.38. The number of esters is 1. The molecule has 1 N–H and O–H groups in total. The maximum atomic E-state index is 11.0. The second-order valence-electron chi connectivity index (χ2n) is 4.58. The fourth-order valence-corrected chi connectivity index (χ4v) is 1.91. The SMILES string of the molecule is COC(=O)CNC(C)CCc1ccc2c(c1)OCO2. The lowest BCUT2D eigenvalue weighted by Gasteiger charge is -2.12. The van der Waals surface area contributed by atoms with Gasteiger partial charge < -0.3 is 19.5 Å². The Bertz CT molecular complexity index is 447. The Morgan fingerprint density at radius 2 is 2.21 bits per heavy atom. The first-order valence-electron chi connectivity index (χ1n) is 6.38. The highest BCUT2D eigenvalue weighted by Gasteiger charge is 2.13. The van der Waals surface area contributed by atoms with Crippen LogP contribution in [-0.4, -0.2) is 32.5 Å². The summed E-state index contributed by atoms with van der Waals surface area (Å²) in [7, 11) is 1.39. The number of methoxy groups -OCH3 is 1. The summed E-state index contributed by atoms with van der Waals surface area (Å²) >= 11 is 0. The van der Waals surface area contributed by atoms with Crippen LogP contribution in [0.4, 0.5) is 0 Å². The van der Waals surface area contributed by atoms with E-state index in [-0.39, 0.29) is 18.6 Å². The van der Waals surface area contributed by atoms with Crippen molar-refractivity contribution >= 4 is 5.97 Å². The van der Waals surface area contributed by atoms with Crippen molar-refractivity contribution in [2.45, 2.75) is 25.8 Å². The number of nitrogens with one attached hydrogen (secondary N) is 1. The van der Waals surface area contributed by atoms with Crippen molar-refractivity contribution in [3.05, 3.63) is 23.8 Å². The number of hydrogen-bond donors (Lipinski definition) is 1.